The fraction of sp³-hybridized carbons (Fsp3) is 0.615. The molecule has 0 aromatic rings. The first kappa shape index (κ1) is 9.34. The molecule has 3 aliphatic rings. The minimum atomic E-state index is -0.308. The third-order valence-corrected chi connectivity index (χ3v) is 4.51. The van der Waals surface area contributed by atoms with Crippen molar-refractivity contribution in [3.8, 4) is 0 Å². The molecule has 15 heavy (non-hydrogen) atoms. The number of hydrogen-bond acceptors (Lipinski definition) is 2. The predicted octanol–water partition coefficient (Wildman–Crippen LogP) is 1.85. The number of ketones is 1. The van der Waals surface area contributed by atoms with Gasteiger partial charge < -0.3 is 5.11 Å². The van der Waals surface area contributed by atoms with Crippen LogP contribution in [-0.4, -0.2) is 17.0 Å². The summed E-state index contributed by atoms with van der Waals surface area (Å²) in [6.07, 6.45) is 6.86. The molecule has 0 amide bonds. The normalized spacial score (nSPS) is 48.2. The molecule has 2 heteroatoms. The Morgan fingerprint density at radius 3 is 3.13 bits per heavy atom. The highest BCUT2D eigenvalue weighted by Crippen LogP contribution is 2.59. The Morgan fingerprint density at radius 1 is 1.53 bits per heavy atom. The topological polar surface area (TPSA) is 37.3 Å². The maximum Gasteiger partial charge on any atom is 0.155 e. The van der Waals surface area contributed by atoms with Crippen LogP contribution in [0.3, 0.4) is 0 Å². The first-order chi connectivity index (χ1) is 7.11. The second-order valence-corrected chi connectivity index (χ2v) is 5.38. The van der Waals surface area contributed by atoms with Crippen LogP contribution in [0.4, 0.5) is 0 Å². The highest BCUT2D eigenvalue weighted by Gasteiger charge is 2.53. The molecule has 0 radical (unpaired) electrons. The van der Waals surface area contributed by atoms with Gasteiger partial charge in [0, 0.05) is 12.3 Å². The molecule has 0 unspecified atom stereocenters. The molecule has 1 spiro atoms. The van der Waals surface area contributed by atoms with Crippen LogP contribution >= 0.6 is 0 Å². The summed E-state index contributed by atoms with van der Waals surface area (Å²) in [5.41, 5.74) is 1.34. The number of hydrogen-bond donors (Lipinski definition) is 1. The number of aliphatic hydroxyl groups is 1. The van der Waals surface area contributed by atoms with Crippen molar-refractivity contribution < 1.29 is 9.90 Å². The molecular formula is C13H16O2. The van der Waals surface area contributed by atoms with Crippen molar-refractivity contribution in [1.82, 2.24) is 0 Å². The molecule has 4 atom stereocenters. The summed E-state index contributed by atoms with van der Waals surface area (Å²) in [7, 11) is 0. The van der Waals surface area contributed by atoms with Gasteiger partial charge in [-0.2, -0.15) is 0 Å². The Balaban J connectivity index is 2.05. The molecule has 2 bridgehead atoms. The molecule has 3 rings (SSSR count). The summed E-state index contributed by atoms with van der Waals surface area (Å²) in [4.78, 5) is 11.4. The SMILES string of the molecule is C=C1C[C@@]23C=CC(=O)C[C@@H]2[C@@H](O)C[C@@H]1C3. The summed E-state index contributed by atoms with van der Waals surface area (Å²) in [5.74, 6) is 0.792. The van der Waals surface area contributed by atoms with Crippen molar-refractivity contribution in [2.24, 2.45) is 17.3 Å². The average molecular weight is 204 g/mol. The van der Waals surface area contributed by atoms with Gasteiger partial charge in [-0.05, 0) is 36.7 Å². The summed E-state index contributed by atoms with van der Waals surface area (Å²) in [6.45, 7) is 4.11. The molecule has 80 valence electrons. The Hall–Kier alpha value is -0.890. The number of carbonyl (C=O) groups is 1. The molecule has 2 fully saturated rings. The highest BCUT2D eigenvalue weighted by molar-refractivity contribution is 5.91. The van der Waals surface area contributed by atoms with Crippen LogP contribution in [0, 0.1) is 17.3 Å². The first-order valence-electron chi connectivity index (χ1n) is 5.68. The molecule has 0 heterocycles. The fourth-order valence-electron chi connectivity index (χ4n) is 3.75. The van der Waals surface area contributed by atoms with Gasteiger partial charge in [0.25, 0.3) is 0 Å². The van der Waals surface area contributed by atoms with Gasteiger partial charge in [-0.3, -0.25) is 4.79 Å². The number of allylic oxidation sites excluding steroid dienone is 3. The van der Waals surface area contributed by atoms with E-state index in [0.717, 1.165) is 19.3 Å². The quantitative estimate of drug-likeness (QED) is 0.611. The smallest absolute Gasteiger partial charge is 0.155 e. The zero-order valence-electron chi connectivity index (χ0n) is 8.78. The van der Waals surface area contributed by atoms with Gasteiger partial charge >= 0.3 is 0 Å². The van der Waals surface area contributed by atoms with Crippen molar-refractivity contribution in [3.05, 3.63) is 24.3 Å². The number of fused-ring (bicyclic) bond motifs is 1. The highest BCUT2D eigenvalue weighted by atomic mass is 16.3. The lowest BCUT2D eigenvalue weighted by molar-refractivity contribution is -0.120. The van der Waals surface area contributed by atoms with E-state index in [0.29, 0.717) is 12.3 Å². The summed E-state index contributed by atoms with van der Waals surface area (Å²) < 4.78 is 0. The van der Waals surface area contributed by atoms with E-state index in [4.69, 9.17) is 0 Å². The van der Waals surface area contributed by atoms with Crippen LogP contribution in [-0.2, 0) is 4.79 Å². The van der Waals surface area contributed by atoms with Gasteiger partial charge in [-0.1, -0.05) is 18.2 Å². The first-order valence-corrected chi connectivity index (χ1v) is 5.68. The second-order valence-electron chi connectivity index (χ2n) is 5.38. The van der Waals surface area contributed by atoms with E-state index in [-0.39, 0.29) is 23.2 Å². The van der Waals surface area contributed by atoms with Crippen molar-refractivity contribution in [1.29, 1.82) is 0 Å². The van der Waals surface area contributed by atoms with Crippen LogP contribution in [0.25, 0.3) is 0 Å². The van der Waals surface area contributed by atoms with Gasteiger partial charge in [0.1, 0.15) is 0 Å². The Bertz CT molecular complexity index is 369. The van der Waals surface area contributed by atoms with Gasteiger partial charge in [-0.25, -0.2) is 0 Å². The minimum Gasteiger partial charge on any atom is -0.393 e. The van der Waals surface area contributed by atoms with Crippen molar-refractivity contribution >= 4 is 5.78 Å². The standard InChI is InChI=1S/C13H16O2/c1-8-6-13-3-2-10(14)5-11(13)12(15)4-9(8)7-13/h2-3,9,11-12,15H,1,4-7H2/t9-,11-,12+,13-/m1/s1. The lowest BCUT2D eigenvalue weighted by Gasteiger charge is -2.43. The number of rotatable bonds is 0. The van der Waals surface area contributed by atoms with E-state index in [9.17, 15) is 9.90 Å². The van der Waals surface area contributed by atoms with Crippen LogP contribution in [0.15, 0.2) is 24.3 Å². The molecule has 0 aromatic carbocycles. The molecule has 2 saturated carbocycles. The zero-order valence-corrected chi connectivity index (χ0v) is 8.78. The zero-order chi connectivity index (χ0) is 10.6. The molecule has 0 saturated heterocycles. The van der Waals surface area contributed by atoms with E-state index in [1.165, 1.54) is 5.57 Å². The summed E-state index contributed by atoms with van der Waals surface area (Å²) in [5, 5.41) is 10.1. The lowest BCUT2D eigenvalue weighted by Crippen LogP contribution is -2.42. The lowest BCUT2D eigenvalue weighted by atomic mass is 9.62. The molecular weight excluding hydrogens is 188 g/mol. The van der Waals surface area contributed by atoms with E-state index in [1.54, 1.807) is 6.08 Å². The fourth-order valence-corrected chi connectivity index (χ4v) is 3.75. The second kappa shape index (κ2) is 2.82. The van der Waals surface area contributed by atoms with Crippen molar-refractivity contribution in [2.75, 3.05) is 0 Å². The predicted molar refractivity (Wildman–Crippen MR) is 57.2 cm³/mol. The van der Waals surface area contributed by atoms with Gasteiger partial charge in [0.05, 0.1) is 6.10 Å². The number of aliphatic hydroxyl groups excluding tert-OH is 1. The molecule has 1 N–H and O–H groups in total. The largest absolute Gasteiger partial charge is 0.393 e. The van der Waals surface area contributed by atoms with Crippen LogP contribution in [0.5, 0.6) is 0 Å². The number of carbonyl (C=O) groups excluding carboxylic acids is 1. The molecule has 2 nitrogen and oxygen atoms in total. The third kappa shape index (κ3) is 1.18. The summed E-state index contributed by atoms with van der Waals surface area (Å²) in [6, 6.07) is 0. The van der Waals surface area contributed by atoms with E-state index >= 15 is 0 Å². The summed E-state index contributed by atoms with van der Waals surface area (Å²) >= 11 is 0. The van der Waals surface area contributed by atoms with Crippen LogP contribution < -0.4 is 0 Å². The van der Waals surface area contributed by atoms with Crippen LogP contribution in [0.2, 0.25) is 0 Å². The van der Waals surface area contributed by atoms with Crippen molar-refractivity contribution in [3.63, 3.8) is 0 Å². The Kier molecular flexibility index (Phi) is 1.76. The van der Waals surface area contributed by atoms with E-state index in [1.807, 2.05) is 0 Å². The average Bonchev–Trinajstić information content (AvgIpc) is 2.44. The maximum absolute atomic E-state index is 11.4. The van der Waals surface area contributed by atoms with E-state index in [2.05, 4.69) is 12.7 Å². The minimum absolute atomic E-state index is 0.0628. The maximum atomic E-state index is 11.4. The monoisotopic (exact) mass is 204 g/mol. The molecule has 0 aliphatic heterocycles. The third-order valence-electron chi connectivity index (χ3n) is 4.51. The van der Waals surface area contributed by atoms with Crippen molar-refractivity contribution in [2.45, 2.75) is 31.8 Å². The van der Waals surface area contributed by atoms with Gasteiger partial charge in [0.15, 0.2) is 5.78 Å². The van der Waals surface area contributed by atoms with Crippen LogP contribution in [0.1, 0.15) is 25.7 Å². The van der Waals surface area contributed by atoms with Gasteiger partial charge in [0.2, 0.25) is 0 Å². The molecule has 3 aliphatic carbocycles. The molecule has 0 aromatic heterocycles. The van der Waals surface area contributed by atoms with E-state index < -0.39 is 0 Å². The van der Waals surface area contributed by atoms with Gasteiger partial charge in [-0.15, -0.1) is 0 Å². The Morgan fingerprint density at radius 2 is 2.33 bits per heavy atom. The Labute approximate surface area is 89.7 Å².